The molecule has 7 heteroatoms. The van der Waals surface area contributed by atoms with Crippen molar-refractivity contribution >= 4 is 34.0 Å². The highest BCUT2D eigenvalue weighted by molar-refractivity contribution is 7.13. The number of aromatic nitrogens is 1. The van der Waals surface area contributed by atoms with E-state index in [1.807, 2.05) is 39.8 Å². The topological polar surface area (TPSA) is 80.3 Å². The van der Waals surface area contributed by atoms with Gasteiger partial charge in [0.05, 0.1) is 19.2 Å². The molecule has 1 heterocycles. The predicted octanol–water partition coefficient (Wildman–Crippen LogP) is 3.63. The van der Waals surface area contributed by atoms with Crippen molar-refractivity contribution in [2.24, 2.45) is 5.41 Å². The van der Waals surface area contributed by atoms with Crippen molar-refractivity contribution in [2.45, 2.75) is 34.1 Å². The van der Waals surface area contributed by atoms with E-state index >= 15 is 0 Å². The third-order valence-corrected chi connectivity index (χ3v) is 4.28. The highest BCUT2D eigenvalue weighted by atomic mass is 32.1. The minimum Gasteiger partial charge on any atom is -0.496 e. The maximum absolute atomic E-state index is 12.2. The molecule has 25 heavy (non-hydrogen) atoms. The third-order valence-electron chi connectivity index (χ3n) is 3.47. The number of hydrogen-bond acceptors (Lipinski definition) is 5. The van der Waals surface area contributed by atoms with E-state index in [9.17, 15) is 9.59 Å². The van der Waals surface area contributed by atoms with E-state index in [1.54, 1.807) is 18.6 Å². The minimum absolute atomic E-state index is 0.105. The Balaban J connectivity index is 1.95. The fraction of sp³-hybridized carbons (Fsp3) is 0.389. The van der Waals surface area contributed by atoms with Crippen molar-refractivity contribution in [3.05, 3.63) is 34.8 Å². The van der Waals surface area contributed by atoms with Gasteiger partial charge in [0.25, 0.3) is 0 Å². The summed E-state index contributed by atoms with van der Waals surface area (Å²) in [4.78, 5) is 28.4. The average molecular weight is 361 g/mol. The van der Waals surface area contributed by atoms with Gasteiger partial charge < -0.3 is 15.4 Å². The molecule has 1 aromatic carbocycles. The summed E-state index contributed by atoms with van der Waals surface area (Å²) in [5.41, 5.74) is 1.79. The fourth-order valence-corrected chi connectivity index (χ4v) is 2.76. The number of nitrogens with one attached hydrogen (secondary N) is 2. The summed E-state index contributed by atoms with van der Waals surface area (Å²) in [6.45, 7) is 7.42. The molecule has 0 saturated carbocycles. The molecule has 0 aliphatic carbocycles. The average Bonchev–Trinajstić information content (AvgIpc) is 2.93. The molecule has 0 aliphatic heterocycles. The smallest absolute Gasteiger partial charge is 0.231 e. The van der Waals surface area contributed by atoms with E-state index in [0.29, 0.717) is 16.5 Å². The van der Waals surface area contributed by atoms with Crippen LogP contribution in [0, 0.1) is 12.3 Å². The van der Waals surface area contributed by atoms with E-state index in [4.69, 9.17) is 4.74 Å². The number of amides is 2. The maximum Gasteiger partial charge on any atom is 0.231 e. The van der Waals surface area contributed by atoms with Crippen LogP contribution in [-0.2, 0) is 16.0 Å². The van der Waals surface area contributed by atoms with Crippen molar-refractivity contribution in [1.29, 1.82) is 0 Å². The molecule has 0 aliphatic rings. The van der Waals surface area contributed by atoms with Gasteiger partial charge in [-0.05, 0) is 30.7 Å². The van der Waals surface area contributed by atoms with Crippen molar-refractivity contribution in [1.82, 2.24) is 4.98 Å². The van der Waals surface area contributed by atoms with Gasteiger partial charge in [-0.15, -0.1) is 11.3 Å². The number of rotatable bonds is 5. The molecule has 0 saturated heterocycles. The first-order valence-corrected chi connectivity index (χ1v) is 8.77. The van der Waals surface area contributed by atoms with Crippen LogP contribution < -0.4 is 15.4 Å². The molecule has 2 amide bonds. The van der Waals surface area contributed by atoms with Crippen molar-refractivity contribution in [3.63, 3.8) is 0 Å². The molecular weight excluding hydrogens is 338 g/mol. The number of nitrogens with zero attached hydrogens (tertiary/aromatic N) is 1. The summed E-state index contributed by atoms with van der Waals surface area (Å²) in [5, 5.41) is 7.89. The predicted molar refractivity (Wildman–Crippen MR) is 100 cm³/mol. The first-order valence-electron chi connectivity index (χ1n) is 7.89. The standard InChI is InChI=1S/C18H23N3O3S/c1-11-8-12(6-7-14(11)24-5)19-15(22)9-13-10-25-17(20-13)21-16(23)18(2,3)4/h6-8,10H,9H2,1-5H3,(H,19,22)(H,20,21,23). The summed E-state index contributed by atoms with van der Waals surface area (Å²) in [5.74, 6) is 0.506. The van der Waals surface area contributed by atoms with Gasteiger partial charge in [0.2, 0.25) is 11.8 Å². The van der Waals surface area contributed by atoms with E-state index < -0.39 is 5.41 Å². The number of benzene rings is 1. The van der Waals surface area contributed by atoms with Crippen LogP contribution in [0.5, 0.6) is 5.75 Å². The van der Waals surface area contributed by atoms with Crippen molar-refractivity contribution in [2.75, 3.05) is 17.7 Å². The molecule has 0 unspecified atom stereocenters. The van der Waals surface area contributed by atoms with Crippen LogP contribution in [0.3, 0.4) is 0 Å². The van der Waals surface area contributed by atoms with Gasteiger partial charge in [0.1, 0.15) is 5.75 Å². The van der Waals surface area contributed by atoms with Crippen LogP contribution in [-0.4, -0.2) is 23.9 Å². The number of methoxy groups -OCH3 is 1. The largest absolute Gasteiger partial charge is 0.496 e. The first-order chi connectivity index (χ1) is 11.7. The Morgan fingerprint density at radius 3 is 2.56 bits per heavy atom. The Morgan fingerprint density at radius 1 is 1.24 bits per heavy atom. The number of anilines is 2. The van der Waals surface area contributed by atoms with Gasteiger partial charge in [0, 0.05) is 16.5 Å². The van der Waals surface area contributed by atoms with Crippen LogP contribution in [0.15, 0.2) is 23.6 Å². The van der Waals surface area contributed by atoms with Crippen LogP contribution in [0.1, 0.15) is 32.0 Å². The summed E-state index contributed by atoms with van der Waals surface area (Å²) < 4.78 is 5.20. The Labute approximate surface area is 151 Å². The SMILES string of the molecule is COc1ccc(NC(=O)Cc2csc(NC(=O)C(C)(C)C)n2)cc1C. The molecule has 1 aromatic heterocycles. The van der Waals surface area contributed by atoms with Gasteiger partial charge in [-0.2, -0.15) is 0 Å². The molecule has 0 fully saturated rings. The van der Waals surface area contributed by atoms with Crippen LogP contribution in [0.4, 0.5) is 10.8 Å². The summed E-state index contributed by atoms with van der Waals surface area (Å²) >= 11 is 1.31. The molecule has 0 spiro atoms. The second-order valence-electron chi connectivity index (χ2n) is 6.76. The van der Waals surface area contributed by atoms with Crippen LogP contribution in [0.2, 0.25) is 0 Å². The van der Waals surface area contributed by atoms with Crippen molar-refractivity contribution < 1.29 is 14.3 Å². The minimum atomic E-state index is -0.491. The van der Waals surface area contributed by atoms with Gasteiger partial charge in [-0.1, -0.05) is 20.8 Å². The lowest BCUT2D eigenvalue weighted by atomic mass is 9.96. The lowest BCUT2D eigenvalue weighted by Crippen LogP contribution is -2.27. The zero-order chi connectivity index (χ0) is 18.6. The second-order valence-corrected chi connectivity index (χ2v) is 7.62. The number of hydrogen-bond donors (Lipinski definition) is 2. The number of carbonyl (C=O) groups is 2. The number of carbonyl (C=O) groups excluding carboxylic acids is 2. The highest BCUT2D eigenvalue weighted by Crippen LogP contribution is 2.23. The zero-order valence-corrected chi connectivity index (χ0v) is 15.9. The summed E-state index contributed by atoms with van der Waals surface area (Å²) in [6.07, 6.45) is 0.146. The van der Waals surface area contributed by atoms with E-state index in [1.165, 1.54) is 11.3 Å². The Morgan fingerprint density at radius 2 is 1.96 bits per heavy atom. The number of ether oxygens (including phenoxy) is 1. The van der Waals surface area contributed by atoms with Gasteiger partial charge in [0.15, 0.2) is 5.13 Å². The monoisotopic (exact) mass is 361 g/mol. The zero-order valence-electron chi connectivity index (χ0n) is 15.1. The lowest BCUT2D eigenvalue weighted by Gasteiger charge is -2.15. The lowest BCUT2D eigenvalue weighted by molar-refractivity contribution is -0.123. The quantitative estimate of drug-likeness (QED) is 0.852. The summed E-state index contributed by atoms with van der Waals surface area (Å²) in [6, 6.07) is 5.46. The number of thiazole rings is 1. The number of aryl methyl sites for hydroxylation is 1. The molecule has 0 bridgehead atoms. The van der Waals surface area contributed by atoms with Gasteiger partial charge >= 0.3 is 0 Å². The molecule has 0 radical (unpaired) electrons. The Kier molecular flexibility index (Phi) is 5.79. The van der Waals surface area contributed by atoms with E-state index in [-0.39, 0.29) is 18.2 Å². The normalized spacial score (nSPS) is 11.1. The van der Waals surface area contributed by atoms with Crippen LogP contribution in [0.25, 0.3) is 0 Å². The molecule has 134 valence electrons. The van der Waals surface area contributed by atoms with E-state index in [0.717, 1.165) is 11.3 Å². The third kappa shape index (κ3) is 5.29. The van der Waals surface area contributed by atoms with Crippen molar-refractivity contribution in [3.8, 4) is 5.75 Å². The maximum atomic E-state index is 12.2. The van der Waals surface area contributed by atoms with E-state index in [2.05, 4.69) is 15.6 Å². The van der Waals surface area contributed by atoms with Crippen LogP contribution >= 0.6 is 11.3 Å². The molecule has 2 aromatic rings. The fourth-order valence-electron chi connectivity index (χ4n) is 2.06. The summed E-state index contributed by atoms with van der Waals surface area (Å²) in [7, 11) is 1.61. The molecule has 2 N–H and O–H groups in total. The molecular formula is C18H23N3O3S. The second kappa shape index (κ2) is 7.65. The van der Waals surface area contributed by atoms with Gasteiger partial charge in [-0.3, -0.25) is 9.59 Å². The Bertz CT molecular complexity index is 778. The molecule has 2 rings (SSSR count). The molecule has 0 atom stereocenters. The first kappa shape index (κ1) is 18.9. The highest BCUT2D eigenvalue weighted by Gasteiger charge is 2.22. The van der Waals surface area contributed by atoms with Gasteiger partial charge in [-0.25, -0.2) is 4.98 Å². The Hall–Kier alpha value is -2.41. The molecule has 6 nitrogen and oxygen atoms in total.